The molecule has 168 valence electrons. The van der Waals surface area contributed by atoms with Gasteiger partial charge in [-0.1, -0.05) is 53.6 Å². The summed E-state index contributed by atoms with van der Waals surface area (Å²) in [5, 5.41) is 0.531. The molecule has 3 aromatic rings. The van der Waals surface area contributed by atoms with Crippen molar-refractivity contribution >= 4 is 41.0 Å². The molecule has 4 atom stereocenters. The number of Topliss-reactive ketones (excluding diaryl/α,β-unsaturated/α-hetero) is 1. The van der Waals surface area contributed by atoms with E-state index >= 15 is 0 Å². The summed E-state index contributed by atoms with van der Waals surface area (Å²) in [6, 6.07) is 20.7. The van der Waals surface area contributed by atoms with Gasteiger partial charge in [0.1, 0.15) is 6.04 Å². The van der Waals surface area contributed by atoms with Gasteiger partial charge in [-0.3, -0.25) is 14.4 Å². The smallest absolute Gasteiger partial charge is 0.240 e. The van der Waals surface area contributed by atoms with Crippen LogP contribution in [0.3, 0.4) is 0 Å². The average molecular weight is 469 g/mol. The van der Waals surface area contributed by atoms with E-state index in [-0.39, 0.29) is 23.6 Å². The number of aryl methyl sites for hydroxylation is 1. The Balaban J connectivity index is 1.49. The highest BCUT2D eigenvalue weighted by Crippen LogP contribution is 2.53. The van der Waals surface area contributed by atoms with Gasteiger partial charge in [0.15, 0.2) is 5.78 Å². The zero-order chi connectivity index (χ0) is 23.6. The van der Waals surface area contributed by atoms with Crippen LogP contribution in [0.25, 0.3) is 6.08 Å². The number of carbonyl (C=O) groups is 3. The molecule has 0 aromatic heterocycles. The first-order valence-corrected chi connectivity index (χ1v) is 11.6. The maximum Gasteiger partial charge on any atom is 0.240 e. The molecule has 1 unspecified atom stereocenters. The van der Waals surface area contributed by atoms with E-state index in [4.69, 9.17) is 11.6 Å². The first-order valence-electron chi connectivity index (χ1n) is 11.2. The van der Waals surface area contributed by atoms with Gasteiger partial charge in [0.25, 0.3) is 0 Å². The van der Waals surface area contributed by atoms with Gasteiger partial charge in [-0.25, -0.2) is 4.90 Å². The van der Waals surface area contributed by atoms with Crippen LogP contribution in [-0.2, 0) is 9.59 Å². The van der Waals surface area contributed by atoms with Crippen molar-refractivity contribution in [3.05, 3.63) is 106 Å². The normalized spacial score (nSPS) is 24.8. The Hall–Kier alpha value is -3.70. The molecule has 3 aliphatic heterocycles. The molecule has 0 radical (unpaired) electrons. The zero-order valence-electron chi connectivity index (χ0n) is 18.4. The largest absolute Gasteiger partial charge is 0.358 e. The monoisotopic (exact) mass is 468 g/mol. The van der Waals surface area contributed by atoms with Crippen molar-refractivity contribution in [2.24, 2.45) is 11.8 Å². The summed E-state index contributed by atoms with van der Waals surface area (Å²) in [5.74, 6) is -2.21. The van der Waals surface area contributed by atoms with E-state index in [1.54, 1.807) is 36.4 Å². The van der Waals surface area contributed by atoms with Gasteiger partial charge in [0.05, 0.1) is 23.6 Å². The van der Waals surface area contributed by atoms with Gasteiger partial charge in [-0.05, 0) is 60.5 Å². The first-order chi connectivity index (χ1) is 16.5. The van der Waals surface area contributed by atoms with Gasteiger partial charge in [-0.2, -0.15) is 0 Å². The van der Waals surface area contributed by atoms with E-state index in [9.17, 15) is 14.4 Å². The fourth-order valence-electron chi connectivity index (χ4n) is 5.59. The van der Waals surface area contributed by atoms with Crippen molar-refractivity contribution < 1.29 is 14.4 Å². The number of amides is 2. The third-order valence-electron chi connectivity index (χ3n) is 7.15. The fraction of sp³-hybridized carbons (Fsp3) is 0.179. The number of halogens is 1. The molecule has 3 aromatic carbocycles. The third kappa shape index (κ3) is 2.97. The van der Waals surface area contributed by atoms with E-state index < -0.39 is 17.9 Å². The Morgan fingerprint density at radius 1 is 0.853 bits per heavy atom. The predicted molar refractivity (Wildman–Crippen MR) is 130 cm³/mol. The quantitative estimate of drug-likeness (QED) is 0.399. The maximum atomic E-state index is 13.8. The van der Waals surface area contributed by atoms with Gasteiger partial charge in [0, 0.05) is 16.8 Å². The van der Waals surface area contributed by atoms with Crippen LogP contribution in [0.4, 0.5) is 5.69 Å². The Morgan fingerprint density at radius 2 is 1.53 bits per heavy atom. The van der Waals surface area contributed by atoms with E-state index in [2.05, 4.69) is 0 Å². The molecule has 2 amide bonds. The third-order valence-corrected chi connectivity index (χ3v) is 7.40. The number of hydrogen-bond acceptors (Lipinski definition) is 4. The first kappa shape index (κ1) is 20.9. The molecular weight excluding hydrogens is 448 g/mol. The molecule has 3 aliphatic rings. The van der Waals surface area contributed by atoms with Crippen LogP contribution in [0.5, 0.6) is 0 Å². The lowest BCUT2D eigenvalue weighted by molar-refractivity contribution is -0.123. The zero-order valence-corrected chi connectivity index (χ0v) is 19.1. The molecule has 3 heterocycles. The predicted octanol–water partition coefficient (Wildman–Crippen LogP) is 5.05. The van der Waals surface area contributed by atoms with Crippen LogP contribution in [0.2, 0.25) is 5.02 Å². The molecule has 2 saturated heterocycles. The summed E-state index contributed by atoms with van der Waals surface area (Å²) < 4.78 is 0. The van der Waals surface area contributed by atoms with Crippen molar-refractivity contribution in [3.8, 4) is 0 Å². The second-order valence-corrected chi connectivity index (χ2v) is 9.49. The minimum Gasteiger partial charge on any atom is -0.358 e. The fourth-order valence-corrected chi connectivity index (χ4v) is 5.72. The summed E-state index contributed by atoms with van der Waals surface area (Å²) in [4.78, 5) is 44.6. The van der Waals surface area contributed by atoms with Gasteiger partial charge in [0.2, 0.25) is 11.8 Å². The molecule has 0 spiro atoms. The molecule has 0 saturated carbocycles. The Bertz CT molecular complexity index is 1360. The molecule has 34 heavy (non-hydrogen) atoms. The topological polar surface area (TPSA) is 57.7 Å². The van der Waals surface area contributed by atoms with E-state index in [1.807, 2.05) is 60.5 Å². The van der Waals surface area contributed by atoms with Crippen molar-refractivity contribution in [3.63, 3.8) is 0 Å². The highest BCUT2D eigenvalue weighted by molar-refractivity contribution is 6.30. The molecule has 6 heteroatoms. The van der Waals surface area contributed by atoms with E-state index in [1.165, 1.54) is 4.90 Å². The number of rotatable bonds is 3. The Labute approximate surface area is 202 Å². The molecule has 2 fully saturated rings. The number of imide groups is 1. The van der Waals surface area contributed by atoms with Gasteiger partial charge >= 0.3 is 0 Å². The van der Waals surface area contributed by atoms with E-state index in [0.29, 0.717) is 16.3 Å². The molecule has 0 aliphatic carbocycles. The number of carbonyl (C=O) groups excluding carboxylic acids is 3. The summed E-state index contributed by atoms with van der Waals surface area (Å²) in [6.45, 7) is 1.95. The second kappa shape index (κ2) is 7.67. The van der Waals surface area contributed by atoms with Crippen LogP contribution in [-0.4, -0.2) is 28.5 Å². The average Bonchev–Trinajstić information content (AvgIpc) is 3.32. The van der Waals surface area contributed by atoms with Crippen LogP contribution in [0, 0.1) is 18.8 Å². The SMILES string of the molecule is Cc1ccc(N2C(=O)[C@@H]3[C@H](C2=O)C2c4ccccc4C=CN2[C@@H]3C(=O)c2ccc(Cl)cc2)cc1. The van der Waals surface area contributed by atoms with E-state index in [0.717, 1.165) is 16.7 Å². The molecule has 5 nitrogen and oxygen atoms in total. The molecule has 6 rings (SSSR count). The minimum atomic E-state index is -0.785. The van der Waals surface area contributed by atoms with Crippen LogP contribution < -0.4 is 4.90 Å². The summed E-state index contributed by atoms with van der Waals surface area (Å²) in [7, 11) is 0. The lowest BCUT2D eigenvalue weighted by atomic mass is 9.83. The van der Waals surface area contributed by atoms with Crippen molar-refractivity contribution in [2.75, 3.05) is 4.90 Å². The van der Waals surface area contributed by atoms with Crippen molar-refractivity contribution in [1.82, 2.24) is 4.90 Å². The number of anilines is 1. The lowest BCUT2D eigenvalue weighted by Crippen LogP contribution is -2.44. The summed E-state index contributed by atoms with van der Waals surface area (Å²) in [5.41, 5.74) is 4.00. The number of nitrogens with zero attached hydrogens (tertiary/aromatic N) is 2. The van der Waals surface area contributed by atoms with Gasteiger partial charge in [-0.15, -0.1) is 0 Å². The maximum absolute atomic E-state index is 13.8. The molecule has 0 N–H and O–H groups in total. The lowest BCUT2D eigenvalue weighted by Gasteiger charge is -2.35. The van der Waals surface area contributed by atoms with Crippen LogP contribution in [0.1, 0.15) is 33.1 Å². The highest BCUT2D eigenvalue weighted by atomic mass is 35.5. The minimum absolute atomic E-state index is 0.190. The highest BCUT2D eigenvalue weighted by Gasteiger charge is 2.64. The van der Waals surface area contributed by atoms with Crippen LogP contribution in [0.15, 0.2) is 79.0 Å². The molecule has 0 bridgehead atoms. The molecular formula is C28H21ClN2O3. The number of ketones is 1. The Morgan fingerprint density at radius 3 is 2.26 bits per heavy atom. The second-order valence-electron chi connectivity index (χ2n) is 9.05. The number of hydrogen-bond donors (Lipinski definition) is 0. The summed E-state index contributed by atoms with van der Waals surface area (Å²) in [6.07, 6.45) is 3.81. The van der Waals surface area contributed by atoms with Gasteiger partial charge < -0.3 is 4.90 Å². The standard InChI is InChI=1S/C28H21ClN2O3/c1-16-6-12-20(13-7-16)31-27(33)22-23(28(31)34)25(26(32)18-8-10-19(29)11-9-18)30-15-14-17-4-2-3-5-21(17)24(22)30/h2-15,22-25H,1H3/t22-,23+,24?,25-/m0/s1. The Kier molecular flexibility index (Phi) is 4.71. The number of benzene rings is 3. The van der Waals surface area contributed by atoms with Crippen molar-refractivity contribution in [1.29, 1.82) is 0 Å². The van der Waals surface area contributed by atoms with Crippen LogP contribution >= 0.6 is 11.6 Å². The van der Waals surface area contributed by atoms with Crippen molar-refractivity contribution in [2.45, 2.75) is 19.0 Å². The number of fused-ring (bicyclic) bond motifs is 5. The summed E-state index contributed by atoms with van der Waals surface area (Å²) >= 11 is 6.03.